The van der Waals surface area contributed by atoms with Crippen LogP contribution in [0.25, 0.3) is 5.57 Å². The summed E-state index contributed by atoms with van der Waals surface area (Å²) in [5, 5.41) is 8.81. The van der Waals surface area contributed by atoms with Gasteiger partial charge in [-0.3, -0.25) is 9.59 Å². The number of carbonyl (C=O) groups is 2. The minimum Gasteiger partial charge on any atom is -0.456 e. The van der Waals surface area contributed by atoms with E-state index < -0.39 is 0 Å². The number of pyridine rings is 1. The average molecular weight is 492 g/mol. The molecule has 184 valence electrons. The van der Waals surface area contributed by atoms with Gasteiger partial charge in [0.15, 0.2) is 0 Å². The van der Waals surface area contributed by atoms with E-state index in [1.54, 1.807) is 42.5 Å². The van der Waals surface area contributed by atoms with Crippen molar-refractivity contribution in [2.75, 3.05) is 29.5 Å². The highest BCUT2D eigenvalue weighted by molar-refractivity contribution is 6.05. The topological polar surface area (TPSA) is 118 Å². The fourth-order valence-corrected chi connectivity index (χ4v) is 3.97. The molecule has 8 heteroatoms. The Morgan fingerprint density at radius 3 is 2.19 bits per heavy atom. The molecular formula is C29H25N5O3. The van der Waals surface area contributed by atoms with Crippen molar-refractivity contribution in [3.63, 3.8) is 0 Å². The molecule has 1 aromatic heterocycles. The highest BCUT2D eigenvalue weighted by Crippen LogP contribution is 2.43. The number of benzene rings is 3. The molecule has 0 aliphatic carbocycles. The highest BCUT2D eigenvalue weighted by atomic mass is 16.5. The maximum atomic E-state index is 12.7. The fourth-order valence-electron chi connectivity index (χ4n) is 3.97. The number of hydrogen-bond donors (Lipinski definition) is 4. The Labute approximate surface area is 214 Å². The SMILES string of the molecule is Nc1ccccc1NC(=O)c1ccc(NCCNC(=O)C=C2c3ccccc3Oc3ccccc32)nc1. The average Bonchev–Trinajstić information content (AvgIpc) is 2.92. The lowest BCUT2D eigenvalue weighted by Crippen LogP contribution is -2.27. The van der Waals surface area contributed by atoms with Crippen molar-refractivity contribution >= 4 is 34.6 Å². The molecule has 37 heavy (non-hydrogen) atoms. The van der Waals surface area contributed by atoms with Crippen LogP contribution in [-0.2, 0) is 4.79 Å². The summed E-state index contributed by atoms with van der Waals surface area (Å²) in [5.41, 5.74) is 9.88. The number of ether oxygens (including phenoxy) is 1. The number of hydrogen-bond acceptors (Lipinski definition) is 6. The summed E-state index contributed by atoms with van der Waals surface area (Å²) in [5.74, 6) is 1.53. The lowest BCUT2D eigenvalue weighted by molar-refractivity contribution is -0.116. The van der Waals surface area contributed by atoms with Gasteiger partial charge in [0.25, 0.3) is 5.91 Å². The molecule has 0 unspecified atom stereocenters. The Balaban J connectivity index is 1.15. The maximum Gasteiger partial charge on any atom is 0.257 e. The van der Waals surface area contributed by atoms with Crippen LogP contribution in [0.2, 0.25) is 0 Å². The van der Waals surface area contributed by atoms with E-state index in [0.717, 1.165) is 28.2 Å². The van der Waals surface area contributed by atoms with Crippen molar-refractivity contribution in [1.82, 2.24) is 10.3 Å². The largest absolute Gasteiger partial charge is 0.456 e. The number of para-hydroxylation sites is 4. The van der Waals surface area contributed by atoms with Crippen LogP contribution in [0.1, 0.15) is 21.5 Å². The molecule has 1 aliphatic heterocycles. The van der Waals surface area contributed by atoms with Gasteiger partial charge in [0.05, 0.1) is 16.9 Å². The smallest absolute Gasteiger partial charge is 0.257 e. The summed E-state index contributed by atoms with van der Waals surface area (Å²) in [4.78, 5) is 29.4. The molecular weight excluding hydrogens is 466 g/mol. The van der Waals surface area contributed by atoms with Crippen LogP contribution >= 0.6 is 0 Å². The first-order valence-electron chi connectivity index (χ1n) is 11.8. The van der Waals surface area contributed by atoms with E-state index >= 15 is 0 Å². The van der Waals surface area contributed by atoms with Crippen LogP contribution in [-0.4, -0.2) is 29.9 Å². The molecule has 3 aromatic carbocycles. The van der Waals surface area contributed by atoms with Crippen LogP contribution in [0, 0.1) is 0 Å². The Kier molecular flexibility index (Phi) is 6.80. The standard InChI is InChI=1S/C29H25N5O3/c30-23-9-3-4-10-24(23)34-29(36)19-13-14-27(33-18-19)31-15-16-32-28(35)17-22-20-7-1-5-11-25(20)37-26-12-6-2-8-21(22)26/h1-14,17-18H,15-16,30H2,(H,31,33)(H,32,35)(H,34,36). The molecule has 0 saturated heterocycles. The van der Waals surface area contributed by atoms with Gasteiger partial charge < -0.3 is 26.4 Å². The minimum atomic E-state index is -0.298. The Hall–Kier alpha value is -5.11. The van der Waals surface area contributed by atoms with Gasteiger partial charge in [0.1, 0.15) is 17.3 Å². The van der Waals surface area contributed by atoms with Gasteiger partial charge in [0, 0.05) is 42.1 Å². The van der Waals surface area contributed by atoms with E-state index in [1.807, 2.05) is 48.5 Å². The summed E-state index contributed by atoms with van der Waals surface area (Å²) in [7, 11) is 0. The predicted molar refractivity (Wildman–Crippen MR) is 145 cm³/mol. The van der Waals surface area contributed by atoms with E-state index in [1.165, 1.54) is 6.20 Å². The van der Waals surface area contributed by atoms with Crippen LogP contribution in [0.15, 0.2) is 97.2 Å². The number of fused-ring (bicyclic) bond motifs is 2. The second-order valence-corrected chi connectivity index (χ2v) is 8.34. The number of nitrogens with zero attached hydrogens (tertiary/aromatic N) is 1. The first-order chi connectivity index (χ1) is 18.1. The van der Waals surface area contributed by atoms with Crippen LogP contribution < -0.4 is 26.4 Å². The first kappa shape index (κ1) is 23.6. The first-order valence-corrected chi connectivity index (χ1v) is 11.8. The number of amides is 2. The minimum absolute atomic E-state index is 0.205. The van der Waals surface area contributed by atoms with Gasteiger partial charge in [0.2, 0.25) is 5.91 Å². The number of aromatic nitrogens is 1. The molecule has 2 heterocycles. The second kappa shape index (κ2) is 10.7. The van der Waals surface area contributed by atoms with Crippen molar-refractivity contribution < 1.29 is 14.3 Å². The third kappa shape index (κ3) is 5.43. The molecule has 0 atom stereocenters. The van der Waals surface area contributed by atoms with Crippen molar-refractivity contribution in [3.8, 4) is 11.5 Å². The number of carbonyl (C=O) groups excluding carboxylic acids is 2. The zero-order valence-electron chi connectivity index (χ0n) is 19.9. The van der Waals surface area contributed by atoms with Gasteiger partial charge in [-0.25, -0.2) is 4.98 Å². The van der Waals surface area contributed by atoms with Gasteiger partial charge >= 0.3 is 0 Å². The molecule has 5 rings (SSSR count). The molecule has 0 spiro atoms. The number of nitrogen functional groups attached to an aromatic ring is 1. The molecule has 0 radical (unpaired) electrons. The van der Waals surface area contributed by atoms with Gasteiger partial charge in [-0.1, -0.05) is 48.5 Å². The molecule has 1 aliphatic rings. The van der Waals surface area contributed by atoms with Crippen LogP contribution in [0.3, 0.4) is 0 Å². The number of nitrogens with two attached hydrogens (primary N) is 1. The summed E-state index contributed by atoms with van der Waals surface area (Å²) in [6.07, 6.45) is 3.09. The van der Waals surface area contributed by atoms with E-state index in [4.69, 9.17) is 10.5 Å². The van der Waals surface area contributed by atoms with Gasteiger partial charge in [-0.05, 0) is 36.4 Å². The van der Waals surface area contributed by atoms with Crippen molar-refractivity contribution in [1.29, 1.82) is 0 Å². The van der Waals surface area contributed by atoms with Gasteiger partial charge in [-0.15, -0.1) is 0 Å². The molecule has 8 nitrogen and oxygen atoms in total. The second-order valence-electron chi connectivity index (χ2n) is 8.34. The van der Waals surface area contributed by atoms with Crippen LogP contribution in [0.5, 0.6) is 11.5 Å². The predicted octanol–water partition coefficient (Wildman–Crippen LogP) is 4.68. The normalized spacial score (nSPS) is 11.4. The summed E-state index contributed by atoms with van der Waals surface area (Å²) >= 11 is 0. The number of nitrogens with one attached hydrogen (secondary N) is 3. The zero-order valence-corrected chi connectivity index (χ0v) is 19.9. The summed E-state index contributed by atoms with van der Waals surface area (Å²) in [6.45, 7) is 0.851. The molecule has 0 fully saturated rings. The van der Waals surface area contributed by atoms with Crippen molar-refractivity contribution in [2.45, 2.75) is 0 Å². The third-order valence-corrected chi connectivity index (χ3v) is 5.81. The molecule has 4 aromatic rings. The quantitative estimate of drug-likeness (QED) is 0.149. The van der Waals surface area contributed by atoms with E-state index in [-0.39, 0.29) is 11.8 Å². The number of anilines is 3. The lowest BCUT2D eigenvalue weighted by Gasteiger charge is -2.22. The number of rotatable bonds is 7. The molecule has 2 amide bonds. The van der Waals surface area contributed by atoms with Crippen molar-refractivity contribution in [3.05, 3.63) is 114 Å². The molecule has 5 N–H and O–H groups in total. The Morgan fingerprint density at radius 1 is 0.838 bits per heavy atom. The van der Waals surface area contributed by atoms with Crippen LogP contribution in [0.4, 0.5) is 17.2 Å². The summed E-state index contributed by atoms with van der Waals surface area (Å²) < 4.78 is 5.97. The van der Waals surface area contributed by atoms with E-state index in [0.29, 0.717) is 35.8 Å². The monoisotopic (exact) mass is 491 g/mol. The fraction of sp³-hybridized carbons (Fsp3) is 0.0690. The van der Waals surface area contributed by atoms with E-state index in [2.05, 4.69) is 20.9 Å². The van der Waals surface area contributed by atoms with Gasteiger partial charge in [-0.2, -0.15) is 0 Å². The maximum absolute atomic E-state index is 12.7. The Morgan fingerprint density at radius 2 is 1.51 bits per heavy atom. The molecule has 0 saturated carbocycles. The lowest BCUT2D eigenvalue weighted by atomic mass is 9.93. The zero-order chi connectivity index (χ0) is 25.6. The highest BCUT2D eigenvalue weighted by Gasteiger charge is 2.21. The summed E-state index contributed by atoms with van der Waals surface area (Å²) in [6, 6.07) is 25.8. The third-order valence-electron chi connectivity index (χ3n) is 5.81. The Bertz CT molecular complexity index is 1430. The van der Waals surface area contributed by atoms with Crippen molar-refractivity contribution in [2.24, 2.45) is 0 Å². The molecule has 0 bridgehead atoms. The van der Waals surface area contributed by atoms with E-state index in [9.17, 15) is 9.59 Å².